The lowest BCUT2D eigenvalue weighted by Crippen LogP contribution is -2.38. The van der Waals surface area contributed by atoms with Gasteiger partial charge in [-0.1, -0.05) is 12.1 Å². The Morgan fingerprint density at radius 2 is 1.74 bits per heavy atom. The van der Waals surface area contributed by atoms with Gasteiger partial charge in [-0.2, -0.15) is 0 Å². The summed E-state index contributed by atoms with van der Waals surface area (Å²) in [5.74, 6) is 0. The number of hydrogen-bond acceptors (Lipinski definition) is 4. The van der Waals surface area contributed by atoms with Crippen LogP contribution in [-0.2, 0) is 15.6 Å². The van der Waals surface area contributed by atoms with Crippen LogP contribution >= 0.6 is 11.3 Å². The van der Waals surface area contributed by atoms with Crippen LogP contribution in [0.3, 0.4) is 0 Å². The highest BCUT2D eigenvalue weighted by molar-refractivity contribution is 7.89. The van der Waals surface area contributed by atoms with E-state index in [1.807, 2.05) is 45.2 Å². The Labute approximate surface area is 142 Å². The van der Waals surface area contributed by atoms with Gasteiger partial charge in [0.1, 0.15) is 5.60 Å². The summed E-state index contributed by atoms with van der Waals surface area (Å²) in [6.45, 7) is 8.98. The van der Waals surface area contributed by atoms with Crippen LogP contribution < -0.4 is 4.72 Å². The van der Waals surface area contributed by atoms with E-state index in [1.165, 1.54) is 11.3 Å². The lowest BCUT2D eigenvalue weighted by molar-refractivity contribution is 0.0666. The number of hydrogen-bond donors (Lipinski definition) is 2. The van der Waals surface area contributed by atoms with Gasteiger partial charge in [0.15, 0.2) is 0 Å². The number of sulfonamides is 1. The smallest absolute Gasteiger partial charge is 0.241 e. The maximum atomic E-state index is 12.8. The molecule has 0 bridgehead atoms. The molecule has 1 aromatic heterocycles. The molecule has 1 heterocycles. The molecule has 1 atom stereocenters. The fourth-order valence-corrected chi connectivity index (χ4v) is 5.09. The van der Waals surface area contributed by atoms with E-state index < -0.39 is 15.6 Å². The van der Waals surface area contributed by atoms with Crippen molar-refractivity contribution in [1.82, 2.24) is 4.72 Å². The van der Waals surface area contributed by atoms with Crippen molar-refractivity contribution >= 4 is 21.4 Å². The van der Waals surface area contributed by atoms with Crippen molar-refractivity contribution < 1.29 is 13.5 Å². The molecule has 0 aliphatic heterocycles. The first-order valence-corrected chi connectivity index (χ1v) is 9.76. The SMILES string of the molecule is Cc1cc(C)c(C)c(S(=O)(=O)NCC(C)(O)c2cccs2)c1C. The third kappa shape index (κ3) is 3.66. The number of aliphatic hydroxyl groups is 1. The van der Waals surface area contributed by atoms with Crippen LogP contribution in [0.5, 0.6) is 0 Å². The van der Waals surface area contributed by atoms with Crippen molar-refractivity contribution in [3.05, 3.63) is 50.7 Å². The second-order valence-corrected chi connectivity index (χ2v) is 8.82. The van der Waals surface area contributed by atoms with Gasteiger partial charge < -0.3 is 5.11 Å². The molecule has 1 unspecified atom stereocenters. The second-order valence-electron chi connectivity index (χ2n) is 6.17. The Kier molecular flexibility index (Phi) is 5.01. The molecular formula is C17H23NO3S2. The molecule has 0 fully saturated rings. The molecule has 126 valence electrons. The predicted octanol–water partition coefficient (Wildman–Crippen LogP) is 3.17. The van der Waals surface area contributed by atoms with Crippen molar-refractivity contribution in [3.63, 3.8) is 0 Å². The van der Waals surface area contributed by atoms with Gasteiger partial charge in [-0.05, 0) is 68.3 Å². The summed E-state index contributed by atoms with van der Waals surface area (Å²) in [7, 11) is -3.70. The monoisotopic (exact) mass is 353 g/mol. The third-order valence-corrected chi connectivity index (χ3v) is 7.02. The standard InChI is InChI=1S/C17H23NO3S2/c1-11-9-12(2)14(4)16(13(11)3)23(20,21)18-10-17(5,19)15-7-6-8-22-15/h6-9,18-19H,10H2,1-5H3. The number of nitrogens with one attached hydrogen (secondary N) is 1. The molecular weight excluding hydrogens is 330 g/mol. The fraction of sp³-hybridized carbons (Fsp3) is 0.412. The maximum Gasteiger partial charge on any atom is 0.241 e. The van der Waals surface area contributed by atoms with Crippen molar-refractivity contribution in [2.24, 2.45) is 0 Å². The van der Waals surface area contributed by atoms with Crippen molar-refractivity contribution in [2.45, 2.75) is 45.1 Å². The van der Waals surface area contributed by atoms with Crippen LogP contribution in [-0.4, -0.2) is 20.1 Å². The molecule has 6 heteroatoms. The first kappa shape index (κ1) is 18.1. The summed E-state index contributed by atoms with van der Waals surface area (Å²) in [6, 6.07) is 5.62. The minimum atomic E-state index is -3.70. The van der Waals surface area contributed by atoms with E-state index in [1.54, 1.807) is 13.0 Å². The molecule has 0 aliphatic rings. The van der Waals surface area contributed by atoms with Crippen molar-refractivity contribution in [2.75, 3.05) is 6.54 Å². The quantitative estimate of drug-likeness (QED) is 0.868. The van der Waals surface area contributed by atoms with Gasteiger partial charge in [0.2, 0.25) is 10.0 Å². The summed E-state index contributed by atoms with van der Waals surface area (Å²) >= 11 is 1.40. The lowest BCUT2D eigenvalue weighted by atomic mass is 10.0. The number of aryl methyl sites for hydroxylation is 2. The zero-order valence-electron chi connectivity index (χ0n) is 14.1. The summed E-state index contributed by atoms with van der Waals surface area (Å²) < 4.78 is 28.1. The average molecular weight is 354 g/mol. The van der Waals surface area contributed by atoms with Gasteiger partial charge >= 0.3 is 0 Å². The van der Waals surface area contributed by atoms with Gasteiger partial charge in [0, 0.05) is 11.4 Å². The molecule has 0 radical (unpaired) electrons. The first-order valence-electron chi connectivity index (χ1n) is 7.39. The first-order chi connectivity index (χ1) is 10.6. The Morgan fingerprint density at radius 3 is 2.22 bits per heavy atom. The highest BCUT2D eigenvalue weighted by Crippen LogP contribution is 2.28. The largest absolute Gasteiger partial charge is 0.383 e. The molecule has 2 aromatic rings. The Bertz CT molecular complexity index is 781. The van der Waals surface area contributed by atoms with Crippen LogP contribution in [0.15, 0.2) is 28.5 Å². The van der Waals surface area contributed by atoms with Gasteiger partial charge in [-0.25, -0.2) is 13.1 Å². The van der Waals surface area contributed by atoms with E-state index >= 15 is 0 Å². The van der Waals surface area contributed by atoms with E-state index in [-0.39, 0.29) is 6.54 Å². The van der Waals surface area contributed by atoms with Crippen molar-refractivity contribution in [3.8, 4) is 0 Å². The van der Waals surface area contributed by atoms with Crippen LogP contribution in [0.25, 0.3) is 0 Å². The Hall–Kier alpha value is -1.21. The molecule has 2 N–H and O–H groups in total. The van der Waals surface area contributed by atoms with Crippen LogP contribution in [0.1, 0.15) is 34.1 Å². The van der Waals surface area contributed by atoms with Crippen LogP contribution in [0.4, 0.5) is 0 Å². The van der Waals surface area contributed by atoms with Crippen LogP contribution in [0.2, 0.25) is 0 Å². The molecule has 2 rings (SSSR count). The minimum absolute atomic E-state index is 0.0677. The Morgan fingerprint density at radius 1 is 1.17 bits per heavy atom. The molecule has 23 heavy (non-hydrogen) atoms. The fourth-order valence-electron chi connectivity index (χ4n) is 2.56. The van der Waals surface area contributed by atoms with Crippen molar-refractivity contribution in [1.29, 1.82) is 0 Å². The molecule has 0 amide bonds. The van der Waals surface area contributed by atoms with Gasteiger partial charge in [-0.3, -0.25) is 0 Å². The van der Waals surface area contributed by atoms with Gasteiger partial charge in [-0.15, -0.1) is 11.3 Å². The maximum absolute atomic E-state index is 12.8. The molecule has 0 saturated heterocycles. The second kappa shape index (κ2) is 6.36. The summed E-state index contributed by atoms with van der Waals surface area (Å²) in [5.41, 5.74) is 2.15. The van der Waals surface area contributed by atoms with Gasteiger partial charge in [0.25, 0.3) is 0 Å². The van der Waals surface area contributed by atoms with E-state index in [0.717, 1.165) is 27.1 Å². The summed E-state index contributed by atoms with van der Waals surface area (Å²) in [5, 5.41) is 12.4. The minimum Gasteiger partial charge on any atom is -0.383 e. The number of benzene rings is 1. The zero-order valence-corrected chi connectivity index (χ0v) is 15.7. The molecule has 1 aromatic carbocycles. The van der Waals surface area contributed by atoms with E-state index in [2.05, 4.69) is 4.72 Å². The lowest BCUT2D eigenvalue weighted by Gasteiger charge is -2.23. The van der Waals surface area contributed by atoms with E-state index in [9.17, 15) is 13.5 Å². The highest BCUT2D eigenvalue weighted by Gasteiger charge is 2.29. The predicted molar refractivity (Wildman–Crippen MR) is 94.5 cm³/mol. The average Bonchev–Trinajstić information content (AvgIpc) is 2.98. The summed E-state index contributed by atoms with van der Waals surface area (Å²) in [6.07, 6.45) is 0. The summed E-state index contributed by atoms with van der Waals surface area (Å²) in [4.78, 5) is 1.05. The van der Waals surface area contributed by atoms with E-state index in [0.29, 0.717) is 4.90 Å². The molecule has 0 spiro atoms. The molecule has 4 nitrogen and oxygen atoms in total. The normalized spacial score (nSPS) is 14.7. The van der Waals surface area contributed by atoms with E-state index in [4.69, 9.17) is 0 Å². The Balaban J connectivity index is 2.34. The molecule has 0 aliphatic carbocycles. The third-order valence-electron chi connectivity index (χ3n) is 4.22. The highest BCUT2D eigenvalue weighted by atomic mass is 32.2. The number of rotatable bonds is 5. The van der Waals surface area contributed by atoms with Gasteiger partial charge in [0.05, 0.1) is 4.90 Å². The zero-order chi connectivity index (χ0) is 17.4. The van der Waals surface area contributed by atoms with Crippen LogP contribution in [0, 0.1) is 27.7 Å². The topological polar surface area (TPSA) is 66.4 Å². The molecule has 0 saturated carbocycles. The number of thiophene rings is 1.